The third kappa shape index (κ3) is 7.26. The molecule has 6 heteroatoms. The molecule has 0 radical (unpaired) electrons. The fourth-order valence-corrected chi connectivity index (χ4v) is 3.46. The minimum Gasteiger partial charge on any atom is -0.457 e. The lowest BCUT2D eigenvalue weighted by Crippen LogP contribution is -2.42. The van der Waals surface area contributed by atoms with E-state index in [1.807, 2.05) is 0 Å². The van der Waals surface area contributed by atoms with E-state index in [1.165, 1.54) is 12.1 Å². The number of esters is 1. The second kappa shape index (κ2) is 12.3. The van der Waals surface area contributed by atoms with Crippen LogP contribution in [-0.2, 0) is 14.3 Å². The van der Waals surface area contributed by atoms with Gasteiger partial charge in [0.25, 0.3) is 0 Å². The first kappa shape index (κ1) is 23.0. The number of aliphatic imine (C=N–C) groups is 1. The Morgan fingerprint density at radius 3 is 2.07 bits per heavy atom. The first-order chi connectivity index (χ1) is 14.1. The molecule has 1 aromatic rings. The summed E-state index contributed by atoms with van der Waals surface area (Å²) < 4.78 is 18.3. The van der Waals surface area contributed by atoms with Crippen LogP contribution in [0, 0.1) is 11.7 Å². The van der Waals surface area contributed by atoms with Gasteiger partial charge < -0.3 is 9.64 Å². The number of benzene rings is 1. The molecule has 0 bridgehead atoms. The third-order valence-corrected chi connectivity index (χ3v) is 5.13. The molecular formula is C23H33FN2O3. The van der Waals surface area contributed by atoms with Gasteiger partial charge in [0.15, 0.2) is 18.3 Å². The predicted octanol–water partition coefficient (Wildman–Crippen LogP) is 5.06. The van der Waals surface area contributed by atoms with E-state index in [2.05, 4.69) is 23.7 Å². The average Bonchev–Trinajstić information content (AvgIpc) is 3.05. The Morgan fingerprint density at radius 1 is 1.00 bits per heavy atom. The highest BCUT2D eigenvalue weighted by atomic mass is 19.1. The Labute approximate surface area is 173 Å². The number of hydrogen-bond acceptors (Lipinski definition) is 4. The molecule has 0 spiro atoms. The Kier molecular flexibility index (Phi) is 9.81. The van der Waals surface area contributed by atoms with Gasteiger partial charge in [-0.15, -0.1) is 0 Å². The smallest absolute Gasteiger partial charge is 0.324 e. The summed E-state index contributed by atoms with van der Waals surface area (Å²) in [5.41, 5.74) is 0.529. The van der Waals surface area contributed by atoms with Crippen LogP contribution < -0.4 is 0 Å². The van der Waals surface area contributed by atoms with E-state index in [0.29, 0.717) is 11.5 Å². The third-order valence-electron chi connectivity index (χ3n) is 5.13. The molecule has 1 aliphatic rings. The van der Waals surface area contributed by atoms with Gasteiger partial charge >= 0.3 is 5.97 Å². The molecule has 29 heavy (non-hydrogen) atoms. The van der Waals surface area contributed by atoms with E-state index in [0.717, 1.165) is 64.5 Å². The summed E-state index contributed by atoms with van der Waals surface area (Å²) in [5.74, 6) is -1.70. The molecule has 2 rings (SSSR count). The highest BCUT2D eigenvalue weighted by Crippen LogP contribution is 2.22. The van der Waals surface area contributed by atoms with Crippen molar-refractivity contribution in [3.63, 3.8) is 0 Å². The van der Waals surface area contributed by atoms with E-state index >= 15 is 0 Å². The molecule has 0 N–H and O–H groups in total. The van der Waals surface area contributed by atoms with Crippen LogP contribution in [0.25, 0.3) is 0 Å². The molecule has 1 atom stereocenters. The monoisotopic (exact) mass is 404 g/mol. The van der Waals surface area contributed by atoms with Gasteiger partial charge in [-0.3, -0.25) is 9.59 Å². The lowest BCUT2D eigenvalue weighted by atomic mass is 10.0. The molecule has 1 fully saturated rings. The number of hydrogen-bond donors (Lipinski definition) is 0. The number of nitrogens with zero attached hydrogens (tertiary/aromatic N) is 2. The Bertz CT molecular complexity index is 660. The van der Waals surface area contributed by atoms with Crippen molar-refractivity contribution in [1.82, 2.24) is 4.90 Å². The topological polar surface area (TPSA) is 59.0 Å². The number of Topliss-reactive ketones (excluding diaryl/α,β-unsaturated/α-hetero) is 1. The average molecular weight is 405 g/mol. The maximum Gasteiger partial charge on any atom is 0.324 e. The first-order valence-corrected chi connectivity index (χ1v) is 10.8. The number of ether oxygens (including phenoxy) is 1. The number of carbonyl (C=O) groups is 2. The van der Waals surface area contributed by atoms with Crippen LogP contribution in [0.1, 0.15) is 65.2 Å². The lowest BCUT2D eigenvalue weighted by molar-refractivity contribution is -0.139. The zero-order chi connectivity index (χ0) is 21.1. The zero-order valence-corrected chi connectivity index (χ0v) is 17.7. The Balaban J connectivity index is 2.29. The summed E-state index contributed by atoms with van der Waals surface area (Å²) in [5, 5.41) is 0. The van der Waals surface area contributed by atoms with Crippen LogP contribution >= 0.6 is 0 Å². The summed E-state index contributed by atoms with van der Waals surface area (Å²) in [7, 11) is 0. The van der Waals surface area contributed by atoms with Crippen molar-refractivity contribution >= 4 is 23.3 Å². The van der Waals surface area contributed by atoms with E-state index < -0.39 is 11.9 Å². The second-order valence-electron chi connectivity index (χ2n) is 7.56. The normalized spacial score (nSPS) is 16.9. The molecule has 1 saturated heterocycles. The number of ketones is 1. The molecule has 1 unspecified atom stereocenters. The van der Waals surface area contributed by atoms with E-state index in [1.54, 1.807) is 12.1 Å². The van der Waals surface area contributed by atoms with E-state index in [4.69, 9.17) is 4.74 Å². The largest absolute Gasteiger partial charge is 0.457 e. The fourth-order valence-electron chi connectivity index (χ4n) is 3.46. The number of halogens is 1. The summed E-state index contributed by atoms with van der Waals surface area (Å²) in [4.78, 5) is 31.4. The van der Waals surface area contributed by atoms with Crippen molar-refractivity contribution in [1.29, 1.82) is 0 Å². The number of amidine groups is 1. The van der Waals surface area contributed by atoms with Crippen molar-refractivity contribution in [3.05, 3.63) is 30.1 Å². The van der Waals surface area contributed by atoms with Crippen LogP contribution in [0.4, 0.5) is 10.1 Å². The fraction of sp³-hybridized carbons (Fsp3) is 0.609. The number of rotatable bonds is 12. The number of carbonyl (C=O) groups excluding carboxylic acids is 2. The zero-order valence-electron chi connectivity index (χ0n) is 17.7. The molecule has 1 aliphatic heterocycles. The van der Waals surface area contributed by atoms with Crippen LogP contribution in [0.5, 0.6) is 0 Å². The molecule has 0 amide bonds. The highest BCUT2D eigenvalue weighted by molar-refractivity contribution is 6.21. The van der Waals surface area contributed by atoms with Gasteiger partial charge in [0.1, 0.15) is 11.7 Å². The SMILES string of the molecule is CCCCCCN(CCCCCC)C(=Nc1ccc(F)cc1)C1C(=O)COC1=O. The van der Waals surface area contributed by atoms with Crippen molar-refractivity contribution in [2.24, 2.45) is 10.9 Å². The molecule has 0 saturated carbocycles. The van der Waals surface area contributed by atoms with Crippen LogP contribution in [0.15, 0.2) is 29.3 Å². The Morgan fingerprint density at radius 2 is 1.59 bits per heavy atom. The second-order valence-corrected chi connectivity index (χ2v) is 7.56. The molecule has 0 aromatic heterocycles. The van der Waals surface area contributed by atoms with Crippen molar-refractivity contribution in [2.75, 3.05) is 19.7 Å². The molecule has 5 nitrogen and oxygen atoms in total. The minimum atomic E-state index is -0.989. The van der Waals surface area contributed by atoms with Gasteiger partial charge in [-0.25, -0.2) is 9.38 Å². The van der Waals surface area contributed by atoms with Crippen molar-refractivity contribution < 1.29 is 18.7 Å². The van der Waals surface area contributed by atoms with Gasteiger partial charge in [-0.05, 0) is 37.1 Å². The van der Waals surface area contributed by atoms with Gasteiger partial charge in [0.05, 0.1) is 5.69 Å². The maximum absolute atomic E-state index is 13.3. The standard InChI is InChI=1S/C23H33FN2O3/c1-3-5-7-9-15-26(16-10-8-6-4-2)22(21-20(27)17-29-23(21)28)25-19-13-11-18(24)12-14-19/h11-14,21H,3-10,15-17H2,1-2H3. The van der Waals surface area contributed by atoms with Crippen molar-refractivity contribution in [3.8, 4) is 0 Å². The van der Waals surface area contributed by atoms with E-state index in [9.17, 15) is 14.0 Å². The van der Waals surface area contributed by atoms with Crippen LogP contribution in [0.2, 0.25) is 0 Å². The summed E-state index contributed by atoms with van der Waals surface area (Å²) in [6.45, 7) is 5.60. The molecule has 0 aliphatic carbocycles. The van der Waals surface area contributed by atoms with Gasteiger partial charge in [-0.2, -0.15) is 0 Å². The molecular weight excluding hydrogens is 371 g/mol. The van der Waals surface area contributed by atoms with Gasteiger partial charge in [0, 0.05) is 13.1 Å². The van der Waals surface area contributed by atoms with E-state index in [-0.39, 0.29) is 18.2 Å². The van der Waals surface area contributed by atoms with Crippen LogP contribution in [-0.4, -0.2) is 42.2 Å². The quantitative estimate of drug-likeness (QED) is 0.161. The Hall–Kier alpha value is -2.24. The minimum absolute atomic E-state index is 0.203. The van der Waals surface area contributed by atoms with Crippen LogP contribution in [0.3, 0.4) is 0 Å². The predicted molar refractivity (Wildman–Crippen MR) is 113 cm³/mol. The summed E-state index contributed by atoms with van der Waals surface area (Å²) in [6.07, 6.45) is 8.71. The van der Waals surface area contributed by atoms with Gasteiger partial charge in [-0.1, -0.05) is 52.4 Å². The highest BCUT2D eigenvalue weighted by Gasteiger charge is 2.41. The summed E-state index contributed by atoms with van der Waals surface area (Å²) >= 11 is 0. The van der Waals surface area contributed by atoms with Crippen molar-refractivity contribution in [2.45, 2.75) is 65.2 Å². The van der Waals surface area contributed by atoms with Gasteiger partial charge in [0.2, 0.25) is 0 Å². The summed E-state index contributed by atoms with van der Waals surface area (Å²) in [6, 6.07) is 5.79. The number of unbranched alkanes of at least 4 members (excludes halogenated alkanes) is 6. The first-order valence-electron chi connectivity index (χ1n) is 10.8. The molecule has 1 aromatic carbocycles. The lowest BCUT2D eigenvalue weighted by Gasteiger charge is -2.28. The molecule has 1 heterocycles. The number of cyclic esters (lactones) is 1. The molecule has 160 valence electrons. The maximum atomic E-state index is 13.3.